The summed E-state index contributed by atoms with van der Waals surface area (Å²) in [6.07, 6.45) is -0.247. The normalized spacial score (nSPS) is 9.93. The van der Waals surface area contributed by atoms with Gasteiger partial charge in [-0.25, -0.2) is 4.39 Å². The van der Waals surface area contributed by atoms with E-state index in [0.29, 0.717) is 5.56 Å². The predicted octanol–water partition coefficient (Wildman–Crippen LogP) is 2.11. The molecule has 14 heavy (non-hydrogen) atoms. The molecule has 0 aliphatic heterocycles. The molecule has 1 N–H and O–H groups in total. The molecule has 0 saturated carbocycles. The quantitative estimate of drug-likeness (QED) is 0.845. The number of carboxylic acids is 1. The molecule has 3 nitrogen and oxygen atoms in total. The molecule has 1 rings (SSSR count). The Morgan fingerprint density at radius 3 is 2.79 bits per heavy atom. The van der Waals surface area contributed by atoms with E-state index in [1.54, 1.807) is 0 Å². The topological polar surface area (TPSA) is 46.5 Å². The monoisotopic (exact) mass is 218 g/mol. The van der Waals surface area contributed by atoms with E-state index in [1.165, 1.54) is 13.2 Å². The molecule has 1 aromatic rings. The van der Waals surface area contributed by atoms with Crippen molar-refractivity contribution >= 4 is 17.6 Å². The van der Waals surface area contributed by atoms with Gasteiger partial charge in [0.15, 0.2) is 0 Å². The van der Waals surface area contributed by atoms with Gasteiger partial charge in [0.05, 0.1) is 18.6 Å². The van der Waals surface area contributed by atoms with E-state index >= 15 is 0 Å². The molecular weight excluding hydrogens is 211 g/mol. The summed E-state index contributed by atoms with van der Waals surface area (Å²) in [7, 11) is 1.34. The van der Waals surface area contributed by atoms with Crippen molar-refractivity contribution in [2.24, 2.45) is 0 Å². The summed E-state index contributed by atoms with van der Waals surface area (Å²) in [5.41, 5.74) is 0.353. The Morgan fingerprint density at radius 2 is 2.29 bits per heavy atom. The molecule has 0 aliphatic carbocycles. The van der Waals surface area contributed by atoms with Gasteiger partial charge in [-0.05, 0) is 6.07 Å². The van der Waals surface area contributed by atoms with E-state index in [-0.39, 0.29) is 17.2 Å². The molecule has 1 aromatic carbocycles. The van der Waals surface area contributed by atoms with Crippen LogP contribution in [0.3, 0.4) is 0 Å². The maximum absolute atomic E-state index is 12.9. The first-order chi connectivity index (χ1) is 6.54. The van der Waals surface area contributed by atoms with E-state index in [1.807, 2.05) is 0 Å². The van der Waals surface area contributed by atoms with Gasteiger partial charge < -0.3 is 9.84 Å². The number of ether oxygens (including phenoxy) is 1. The van der Waals surface area contributed by atoms with Crippen LogP contribution in [-0.4, -0.2) is 18.2 Å². The number of carboxylic acid groups (broad SMARTS) is 1. The lowest BCUT2D eigenvalue weighted by atomic mass is 10.1. The van der Waals surface area contributed by atoms with Gasteiger partial charge in [0.1, 0.15) is 11.6 Å². The molecule has 0 heterocycles. The van der Waals surface area contributed by atoms with Gasteiger partial charge in [-0.3, -0.25) is 4.79 Å². The minimum atomic E-state index is -1.02. The molecule has 0 fully saturated rings. The van der Waals surface area contributed by atoms with E-state index in [4.69, 9.17) is 21.4 Å². The molecule has 0 amide bonds. The van der Waals surface area contributed by atoms with E-state index < -0.39 is 11.8 Å². The van der Waals surface area contributed by atoms with Crippen LogP contribution >= 0.6 is 11.6 Å². The lowest BCUT2D eigenvalue weighted by molar-refractivity contribution is -0.136. The summed E-state index contributed by atoms with van der Waals surface area (Å²) in [5.74, 6) is -1.46. The van der Waals surface area contributed by atoms with E-state index in [9.17, 15) is 9.18 Å². The van der Waals surface area contributed by atoms with Gasteiger partial charge in [-0.2, -0.15) is 0 Å². The Bertz CT molecular complexity index is 365. The molecule has 0 spiro atoms. The highest BCUT2D eigenvalue weighted by atomic mass is 35.5. The zero-order valence-electron chi connectivity index (χ0n) is 7.38. The zero-order valence-corrected chi connectivity index (χ0v) is 8.14. The predicted molar refractivity (Wildman–Crippen MR) is 49.3 cm³/mol. The summed E-state index contributed by atoms with van der Waals surface area (Å²) in [5, 5.41) is 8.45. The van der Waals surface area contributed by atoms with Crippen LogP contribution in [0.4, 0.5) is 4.39 Å². The Labute approximate surface area is 85.1 Å². The third-order valence-electron chi connectivity index (χ3n) is 1.67. The van der Waals surface area contributed by atoms with Crippen LogP contribution < -0.4 is 4.74 Å². The fourth-order valence-electron chi connectivity index (χ4n) is 1.06. The molecule has 0 unspecified atom stereocenters. The zero-order chi connectivity index (χ0) is 10.7. The third-order valence-corrected chi connectivity index (χ3v) is 1.95. The number of methoxy groups -OCH3 is 1. The van der Waals surface area contributed by atoms with Gasteiger partial charge in [-0.1, -0.05) is 11.6 Å². The van der Waals surface area contributed by atoms with Gasteiger partial charge in [0.2, 0.25) is 0 Å². The molecule has 0 bridgehead atoms. The number of hydrogen-bond donors (Lipinski definition) is 1. The second-order valence-corrected chi connectivity index (χ2v) is 3.06. The minimum Gasteiger partial charge on any atom is -0.496 e. The number of aliphatic carboxylic acids is 1. The standard InChI is InChI=1S/C9H8ClFO3/c1-14-8-4-7(11)6(10)2-5(8)3-9(12)13/h2,4H,3H2,1H3,(H,12,13). The van der Waals surface area contributed by atoms with E-state index in [2.05, 4.69) is 0 Å². The van der Waals surface area contributed by atoms with Gasteiger partial charge in [0.25, 0.3) is 0 Å². The molecule has 0 atom stereocenters. The minimum absolute atomic E-state index is 0.109. The lowest BCUT2D eigenvalue weighted by Gasteiger charge is -2.07. The Kier molecular flexibility index (Phi) is 3.30. The molecule has 0 radical (unpaired) electrons. The van der Waals surface area contributed by atoms with Crippen LogP contribution in [0.1, 0.15) is 5.56 Å². The Hall–Kier alpha value is -1.29. The maximum Gasteiger partial charge on any atom is 0.307 e. The van der Waals surface area contributed by atoms with Crippen LogP contribution in [-0.2, 0) is 11.2 Å². The van der Waals surface area contributed by atoms with Crippen LogP contribution in [0.5, 0.6) is 5.75 Å². The first-order valence-electron chi connectivity index (χ1n) is 3.78. The van der Waals surface area contributed by atoms with E-state index in [0.717, 1.165) is 6.07 Å². The maximum atomic E-state index is 12.9. The van der Waals surface area contributed by atoms with Crippen LogP contribution in [0.25, 0.3) is 0 Å². The Balaban J connectivity index is 3.13. The number of rotatable bonds is 3. The fourth-order valence-corrected chi connectivity index (χ4v) is 1.25. The van der Waals surface area contributed by atoms with Crippen molar-refractivity contribution in [1.29, 1.82) is 0 Å². The average Bonchev–Trinajstić information content (AvgIpc) is 2.10. The van der Waals surface area contributed by atoms with Crippen LogP contribution in [0.2, 0.25) is 5.02 Å². The second-order valence-electron chi connectivity index (χ2n) is 2.65. The lowest BCUT2D eigenvalue weighted by Crippen LogP contribution is -2.03. The summed E-state index contributed by atoms with van der Waals surface area (Å²) in [4.78, 5) is 10.4. The second kappa shape index (κ2) is 4.28. The highest BCUT2D eigenvalue weighted by molar-refractivity contribution is 6.30. The van der Waals surface area contributed by atoms with Gasteiger partial charge in [0, 0.05) is 11.6 Å². The van der Waals surface area contributed by atoms with Crippen molar-refractivity contribution < 1.29 is 19.0 Å². The van der Waals surface area contributed by atoms with Crippen molar-refractivity contribution in [3.63, 3.8) is 0 Å². The fraction of sp³-hybridized carbons (Fsp3) is 0.222. The average molecular weight is 219 g/mol. The number of halogens is 2. The highest BCUT2D eigenvalue weighted by Crippen LogP contribution is 2.26. The summed E-state index contributed by atoms with van der Waals surface area (Å²) in [6, 6.07) is 2.32. The third kappa shape index (κ3) is 2.35. The Morgan fingerprint density at radius 1 is 1.64 bits per heavy atom. The first-order valence-corrected chi connectivity index (χ1v) is 4.16. The SMILES string of the molecule is COc1cc(F)c(Cl)cc1CC(=O)O. The first kappa shape index (κ1) is 10.8. The summed E-state index contributed by atoms with van der Waals surface area (Å²) >= 11 is 5.50. The van der Waals surface area contributed by atoms with Crippen molar-refractivity contribution in [1.82, 2.24) is 0 Å². The van der Waals surface area contributed by atoms with Crippen LogP contribution in [0.15, 0.2) is 12.1 Å². The molecular formula is C9H8ClFO3. The summed E-state index contributed by atoms with van der Waals surface area (Å²) in [6.45, 7) is 0. The molecule has 76 valence electrons. The van der Waals surface area contributed by atoms with Gasteiger partial charge in [-0.15, -0.1) is 0 Å². The van der Waals surface area contributed by atoms with Crippen molar-refractivity contribution in [3.8, 4) is 5.75 Å². The largest absolute Gasteiger partial charge is 0.496 e. The number of carbonyl (C=O) groups is 1. The summed E-state index contributed by atoms with van der Waals surface area (Å²) < 4.78 is 17.7. The number of benzene rings is 1. The van der Waals surface area contributed by atoms with Crippen LogP contribution in [0, 0.1) is 5.82 Å². The highest BCUT2D eigenvalue weighted by Gasteiger charge is 2.11. The van der Waals surface area contributed by atoms with Gasteiger partial charge >= 0.3 is 5.97 Å². The smallest absolute Gasteiger partial charge is 0.307 e. The van der Waals surface area contributed by atoms with Crippen molar-refractivity contribution in [2.75, 3.05) is 7.11 Å². The van der Waals surface area contributed by atoms with Crippen molar-refractivity contribution in [2.45, 2.75) is 6.42 Å². The molecule has 0 aliphatic rings. The number of hydrogen-bond acceptors (Lipinski definition) is 2. The molecule has 0 saturated heterocycles. The molecule has 5 heteroatoms. The van der Waals surface area contributed by atoms with Crippen molar-refractivity contribution in [3.05, 3.63) is 28.5 Å². The molecule has 0 aromatic heterocycles.